The number of amidine groups is 2. The van der Waals surface area contributed by atoms with Crippen molar-refractivity contribution in [1.82, 2.24) is 4.90 Å². The van der Waals surface area contributed by atoms with Gasteiger partial charge in [0.1, 0.15) is 11.9 Å². The molecule has 0 fully saturated rings. The van der Waals surface area contributed by atoms with Crippen LogP contribution in [0.3, 0.4) is 0 Å². The topological polar surface area (TPSA) is 63.5 Å². The zero-order valence-electron chi connectivity index (χ0n) is 20.0. The molecule has 0 bridgehead atoms. The summed E-state index contributed by atoms with van der Waals surface area (Å²) in [5, 5.41) is 0.533. The summed E-state index contributed by atoms with van der Waals surface area (Å²) in [7, 11) is 3.05. The molecule has 10 heteroatoms. The van der Waals surface area contributed by atoms with Gasteiger partial charge in [-0.25, -0.2) is 4.99 Å². The van der Waals surface area contributed by atoms with E-state index in [9.17, 15) is 18.0 Å². The number of carbonyl (C=O) groups is 1. The highest BCUT2D eigenvalue weighted by Gasteiger charge is 2.42. The molecule has 37 heavy (non-hydrogen) atoms. The third-order valence-electron chi connectivity index (χ3n) is 6.13. The number of halogens is 3. The summed E-state index contributed by atoms with van der Waals surface area (Å²) >= 11 is 1.33. The van der Waals surface area contributed by atoms with Crippen LogP contribution in [0.1, 0.15) is 22.3 Å². The maximum Gasteiger partial charge on any atom is 0.416 e. The van der Waals surface area contributed by atoms with E-state index in [1.165, 1.54) is 38.1 Å². The molecule has 2 aliphatic rings. The Kier molecular flexibility index (Phi) is 6.68. The molecule has 6 nitrogen and oxygen atoms in total. The Morgan fingerprint density at radius 1 is 0.919 bits per heavy atom. The minimum absolute atomic E-state index is 0.288. The summed E-state index contributed by atoms with van der Waals surface area (Å²) in [6.45, 7) is 0. The van der Waals surface area contributed by atoms with Crippen molar-refractivity contribution in [3.8, 4) is 11.5 Å². The minimum Gasteiger partial charge on any atom is -0.493 e. The van der Waals surface area contributed by atoms with Gasteiger partial charge in [-0.3, -0.25) is 9.69 Å². The maximum absolute atomic E-state index is 13.1. The first-order valence-corrected chi connectivity index (χ1v) is 12.4. The Morgan fingerprint density at radius 2 is 1.59 bits per heavy atom. The van der Waals surface area contributed by atoms with Gasteiger partial charge in [0.2, 0.25) is 0 Å². The van der Waals surface area contributed by atoms with Gasteiger partial charge in [0.25, 0.3) is 5.91 Å². The third kappa shape index (κ3) is 4.93. The van der Waals surface area contributed by atoms with Gasteiger partial charge in [-0.2, -0.15) is 18.2 Å². The number of carbonyl (C=O) groups excluding carboxylic acids is 1. The van der Waals surface area contributed by atoms with Crippen molar-refractivity contribution in [3.63, 3.8) is 0 Å². The first-order valence-electron chi connectivity index (χ1n) is 11.4. The highest BCUT2D eigenvalue weighted by atomic mass is 32.2. The van der Waals surface area contributed by atoms with Gasteiger partial charge in [-0.05, 0) is 29.3 Å². The molecular weight excluding hydrogens is 503 g/mol. The predicted octanol–water partition coefficient (Wildman–Crippen LogP) is 5.86. The zero-order valence-corrected chi connectivity index (χ0v) is 20.8. The second-order valence-corrected chi connectivity index (χ2v) is 9.39. The van der Waals surface area contributed by atoms with E-state index < -0.39 is 17.8 Å². The van der Waals surface area contributed by atoms with Crippen LogP contribution in [0.25, 0.3) is 0 Å². The van der Waals surface area contributed by atoms with E-state index in [4.69, 9.17) is 14.5 Å². The van der Waals surface area contributed by atoms with Crippen LogP contribution < -0.4 is 9.47 Å². The molecule has 3 aromatic rings. The highest BCUT2D eigenvalue weighted by Crippen LogP contribution is 2.41. The quantitative estimate of drug-likeness (QED) is 0.404. The molecular formula is C27H22F3N3O3S. The lowest BCUT2D eigenvalue weighted by Crippen LogP contribution is -2.44. The molecule has 2 aliphatic heterocycles. The van der Waals surface area contributed by atoms with Gasteiger partial charge in [0.15, 0.2) is 16.7 Å². The normalized spacial score (nSPS) is 16.6. The fourth-order valence-electron chi connectivity index (χ4n) is 4.26. The maximum atomic E-state index is 13.1. The summed E-state index contributed by atoms with van der Waals surface area (Å²) in [5.41, 5.74) is 2.18. The van der Waals surface area contributed by atoms with Crippen LogP contribution in [0.4, 0.5) is 18.9 Å². The van der Waals surface area contributed by atoms with Crippen molar-refractivity contribution in [2.75, 3.05) is 14.2 Å². The third-order valence-corrected chi connectivity index (χ3v) is 7.15. The van der Waals surface area contributed by atoms with Crippen LogP contribution in [0.15, 0.2) is 76.7 Å². The number of hydrogen-bond donors (Lipinski definition) is 0. The van der Waals surface area contributed by atoms with Gasteiger partial charge in [0, 0.05) is 23.8 Å². The Hall–Kier alpha value is -3.79. The number of thioether (sulfide) groups is 1. The Morgan fingerprint density at radius 3 is 2.24 bits per heavy atom. The molecule has 0 radical (unpaired) electrons. The number of fused-ring (bicyclic) bond motifs is 3. The largest absolute Gasteiger partial charge is 0.493 e. The van der Waals surface area contributed by atoms with Crippen LogP contribution in [0, 0.1) is 0 Å². The van der Waals surface area contributed by atoms with E-state index in [0.717, 1.165) is 17.7 Å². The average molecular weight is 526 g/mol. The Bertz CT molecular complexity index is 1390. The van der Waals surface area contributed by atoms with Crippen molar-refractivity contribution in [2.45, 2.75) is 24.4 Å². The van der Waals surface area contributed by atoms with Gasteiger partial charge < -0.3 is 9.47 Å². The van der Waals surface area contributed by atoms with Gasteiger partial charge in [-0.15, -0.1) is 0 Å². The van der Waals surface area contributed by atoms with Gasteiger partial charge >= 0.3 is 6.18 Å². The summed E-state index contributed by atoms with van der Waals surface area (Å²) < 4.78 is 49.8. The fraction of sp³-hybridized carbons (Fsp3) is 0.222. The summed E-state index contributed by atoms with van der Waals surface area (Å²) in [6.07, 6.45) is -3.97. The Labute approximate surface area is 215 Å². The van der Waals surface area contributed by atoms with Crippen molar-refractivity contribution < 1.29 is 27.4 Å². The average Bonchev–Trinajstić information content (AvgIpc) is 3.22. The standard InChI is InChI=1S/C27H22F3N3O3S/c1-35-22-13-19-20(14-23(22)36-2)31-26(37-15-17-8-10-18(11-9-17)27(28,29)30)33-21(25(34)32-24(19)33)12-16-6-4-3-5-7-16/h3-11,13-14,21H,12,15H2,1-2H3/t21-/m1/s1. The number of methoxy groups -OCH3 is 2. The number of aliphatic imine (C=N–C) groups is 2. The molecule has 1 atom stereocenters. The SMILES string of the molecule is COc1cc2c(cc1OC)C1=NC(=O)[C@@H](Cc3ccccc3)N1C(SCc1ccc(C(F)(F)F)cc1)=N2. The smallest absolute Gasteiger partial charge is 0.416 e. The molecule has 190 valence electrons. The van der Waals surface area contributed by atoms with Crippen molar-refractivity contribution in [2.24, 2.45) is 9.98 Å². The first kappa shape index (κ1) is 24.9. The number of ether oxygens (including phenoxy) is 2. The highest BCUT2D eigenvalue weighted by molar-refractivity contribution is 8.13. The molecule has 0 saturated heterocycles. The molecule has 0 spiro atoms. The first-order chi connectivity index (χ1) is 17.8. The van der Waals surface area contributed by atoms with Crippen molar-refractivity contribution in [3.05, 3.63) is 89.0 Å². The summed E-state index contributed by atoms with van der Waals surface area (Å²) in [5.74, 6) is 1.50. The molecule has 0 aromatic heterocycles. The van der Waals surface area contributed by atoms with E-state index in [2.05, 4.69) is 4.99 Å². The molecule has 2 heterocycles. The number of benzene rings is 3. The number of rotatable bonds is 6. The lowest BCUT2D eigenvalue weighted by Gasteiger charge is -2.31. The zero-order chi connectivity index (χ0) is 26.2. The molecule has 0 saturated carbocycles. The molecule has 5 rings (SSSR count). The fourth-order valence-corrected chi connectivity index (χ4v) is 5.26. The van der Waals surface area contributed by atoms with E-state index in [-0.39, 0.29) is 5.91 Å². The molecule has 0 aliphatic carbocycles. The lowest BCUT2D eigenvalue weighted by atomic mass is 10.0. The van der Waals surface area contributed by atoms with Gasteiger partial charge in [0.05, 0.1) is 25.5 Å². The van der Waals surface area contributed by atoms with Crippen LogP contribution in [-0.4, -0.2) is 42.1 Å². The summed E-state index contributed by atoms with van der Waals surface area (Å²) in [6, 6.07) is 17.5. The number of nitrogens with zero attached hydrogens (tertiary/aromatic N) is 3. The van der Waals surface area contributed by atoms with Crippen LogP contribution in [0.2, 0.25) is 0 Å². The van der Waals surface area contributed by atoms with E-state index in [1.54, 1.807) is 12.1 Å². The van der Waals surface area contributed by atoms with Crippen molar-refractivity contribution >= 4 is 34.4 Å². The van der Waals surface area contributed by atoms with E-state index in [1.807, 2.05) is 35.2 Å². The number of alkyl halides is 3. The second kappa shape index (κ2) is 9.93. The van der Waals surface area contributed by atoms with Gasteiger partial charge in [-0.1, -0.05) is 54.2 Å². The number of hydrogen-bond acceptors (Lipinski definition) is 6. The predicted molar refractivity (Wildman–Crippen MR) is 137 cm³/mol. The monoisotopic (exact) mass is 525 g/mol. The van der Waals surface area contributed by atoms with Crippen LogP contribution in [-0.2, 0) is 23.1 Å². The lowest BCUT2D eigenvalue weighted by molar-refractivity contribution is -0.137. The van der Waals surface area contributed by atoms with Crippen LogP contribution in [0.5, 0.6) is 11.5 Å². The summed E-state index contributed by atoms with van der Waals surface area (Å²) in [4.78, 5) is 24.2. The molecule has 0 unspecified atom stereocenters. The van der Waals surface area contributed by atoms with E-state index in [0.29, 0.717) is 51.5 Å². The molecule has 1 amide bonds. The molecule has 0 N–H and O–H groups in total. The molecule has 3 aromatic carbocycles. The van der Waals surface area contributed by atoms with Crippen molar-refractivity contribution in [1.29, 1.82) is 0 Å². The van der Waals surface area contributed by atoms with E-state index >= 15 is 0 Å². The number of amides is 1. The second-order valence-electron chi connectivity index (χ2n) is 8.45. The Balaban J connectivity index is 1.51. The minimum atomic E-state index is -4.39. The van der Waals surface area contributed by atoms with Crippen LogP contribution >= 0.6 is 11.8 Å².